The summed E-state index contributed by atoms with van der Waals surface area (Å²) in [6, 6.07) is 0. The first-order valence-corrected chi connectivity index (χ1v) is 3.67. The number of hydrogen-bond donors (Lipinski definition) is 0. The second-order valence-corrected chi connectivity index (χ2v) is 3.13. The fourth-order valence-corrected chi connectivity index (χ4v) is 0.941. The molecule has 0 aromatic carbocycles. The zero-order valence-corrected chi connectivity index (χ0v) is 6.83. The summed E-state index contributed by atoms with van der Waals surface area (Å²) in [6.07, 6.45) is 3.96. The Labute approximate surface area is 62.7 Å². The van der Waals surface area contributed by atoms with Crippen molar-refractivity contribution in [3.63, 3.8) is 0 Å². The standard InChI is InChI=1S/C7H13BN2/c1-6(2)4-10-5-7(8)3-9-10/h3,5-6H,4,8H2,1-2H3. The van der Waals surface area contributed by atoms with Crippen molar-refractivity contribution in [2.75, 3.05) is 0 Å². The summed E-state index contributed by atoms with van der Waals surface area (Å²) in [5.41, 5.74) is 1.24. The van der Waals surface area contributed by atoms with Gasteiger partial charge in [0.25, 0.3) is 0 Å². The van der Waals surface area contributed by atoms with E-state index in [4.69, 9.17) is 0 Å². The SMILES string of the molecule is Bc1cnn(CC(C)C)c1. The van der Waals surface area contributed by atoms with Crippen molar-refractivity contribution in [3.05, 3.63) is 12.4 Å². The highest BCUT2D eigenvalue weighted by Gasteiger charge is 1.95. The van der Waals surface area contributed by atoms with E-state index in [-0.39, 0.29) is 0 Å². The maximum atomic E-state index is 4.17. The van der Waals surface area contributed by atoms with Crippen molar-refractivity contribution >= 4 is 13.3 Å². The molecule has 0 amide bonds. The van der Waals surface area contributed by atoms with E-state index in [1.54, 1.807) is 0 Å². The Morgan fingerprint density at radius 1 is 1.70 bits per heavy atom. The maximum Gasteiger partial charge on any atom is 0.143 e. The summed E-state index contributed by atoms with van der Waals surface area (Å²) >= 11 is 0. The summed E-state index contributed by atoms with van der Waals surface area (Å²) in [6.45, 7) is 5.40. The minimum Gasteiger partial charge on any atom is -0.273 e. The molecule has 1 heterocycles. The fourth-order valence-electron chi connectivity index (χ4n) is 0.941. The molecule has 54 valence electrons. The number of rotatable bonds is 2. The molecule has 1 aromatic rings. The molecule has 0 atom stereocenters. The number of hydrogen-bond acceptors (Lipinski definition) is 1. The zero-order chi connectivity index (χ0) is 7.56. The van der Waals surface area contributed by atoms with E-state index >= 15 is 0 Å². The lowest BCUT2D eigenvalue weighted by Crippen LogP contribution is -2.05. The third kappa shape index (κ3) is 1.90. The van der Waals surface area contributed by atoms with Crippen LogP contribution in [0.25, 0.3) is 0 Å². The van der Waals surface area contributed by atoms with Gasteiger partial charge in [-0.05, 0) is 5.92 Å². The Hall–Kier alpha value is -0.725. The lowest BCUT2D eigenvalue weighted by Gasteiger charge is -2.02. The zero-order valence-electron chi connectivity index (χ0n) is 6.83. The molecule has 0 aliphatic rings. The molecule has 1 aromatic heterocycles. The predicted molar refractivity (Wildman–Crippen MR) is 45.2 cm³/mol. The largest absolute Gasteiger partial charge is 0.273 e. The first-order chi connectivity index (χ1) is 4.68. The van der Waals surface area contributed by atoms with Gasteiger partial charge in [0.15, 0.2) is 0 Å². The van der Waals surface area contributed by atoms with E-state index in [0.717, 1.165) is 6.54 Å². The van der Waals surface area contributed by atoms with Crippen molar-refractivity contribution in [1.82, 2.24) is 9.78 Å². The Bertz CT molecular complexity index is 205. The first-order valence-electron chi connectivity index (χ1n) is 3.67. The first kappa shape index (κ1) is 7.38. The number of aromatic nitrogens is 2. The highest BCUT2D eigenvalue weighted by atomic mass is 15.3. The molecule has 0 unspecified atom stereocenters. The van der Waals surface area contributed by atoms with Crippen LogP contribution >= 0.6 is 0 Å². The fraction of sp³-hybridized carbons (Fsp3) is 0.571. The molecule has 0 saturated carbocycles. The summed E-state index contributed by atoms with van der Waals surface area (Å²) < 4.78 is 1.99. The van der Waals surface area contributed by atoms with Gasteiger partial charge in [-0.1, -0.05) is 19.3 Å². The quantitative estimate of drug-likeness (QED) is 0.514. The van der Waals surface area contributed by atoms with Crippen LogP contribution in [-0.2, 0) is 6.54 Å². The van der Waals surface area contributed by atoms with Gasteiger partial charge in [-0.15, -0.1) is 0 Å². The minimum absolute atomic E-state index is 0.680. The summed E-state index contributed by atoms with van der Waals surface area (Å²) in [4.78, 5) is 0. The van der Waals surface area contributed by atoms with Gasteiger partial charge in [-0.25, -0.2) is 0 Å². The van der Waals surface area contributed by atoms with Crippen molar-refractivity contribution in [2.24, 2.45) is 5.92 Å². The van der Waals surface area contributed by atoms with E-state index in [1.807, 2.05) is 10.9 Å². The van der Waals surface area contributed by atoms with Crippen molar-refractivity contribution < 1.29 is 0 Å². The molecular formula is C7H13BN2. The maximum absolute atomic E-state index is 4.17. The lowest BCUT2D eigenvalue weighted by molar-refractivity contribution is 0.483. The molecule has 0 aliphatic carbocycles. The molecule has 0 N–H and O–H groups in total. The van der Waals surface area contributed by atoms with Gasteiger partial charge in [0.1, 0.15) is 7.85 Å². The van der Waals surface area contributed by atoms with Crippen LogP contribution in [0.2, 0.25) is 0 Å². The molecule has 2 nitrogen and oxygen atoms in total. The van der Waals surface area contributed by atoms with Crippen LogP contribution in [0, 0.1) is 5.92 Å². The topological polar surface area (TPSA) is 17.8 Å². The van der Waals surface area contributed by atoms with Gasteiger partial charge in [-0.3, -0.25) is 4.68 Å². The van der Waals surface area contributed by atoms with Crippen LogP contribution in [0.15, 0.2) is 12.4 Å². The second-order valence-electron chi connectivity index (χ2n) is 3.13. The Morgan fingerprint density at radius 3 is 2.80 bits per heavy atom. The Balaban J connectivity index is 2.58. The summed E-state index contributed by atoms with van der Waals surface area (Å²) in [5, 5.41) is 4.17. The van der Waals surface area contributed by atoms with Crippen LogP contribution < -0.4 is 5.46 Å². The minimum atomic E-state index is 0.680. The molecule has 3 heteroatoms. The van der Waals surface area contributed by atoms with Crippen molar-refractivity contribution in [1.29, 1.82) is 0 Å². The molecule has 0 saturated heterocycles. The van der Waals surface area contributed by atoms with Crippen LogP contribution in [0.3, 0.4) is 0 Å². The highest BCUT2D eigenvalue weighted by molar-refractivity contribution is 6.31. The normalized spacial score (nSPS) is 10.7. The van der Waals surface area contributed by atoms with E-state index in [0.29, 0.717) is 5.92 Å². The van der Waals surface area contributed by atoms with E-state index in [1.165, 1.54) is 5.46 Å². The number of nitrogens with zero attached hydrogens (tertiary/aromatic N) is 2. The monoisotopic (exact) mass is 136 g/mol. The van der Waals surface area contributed by atoms with Crippen molar-refractivity contribution in [3.8, 4) is 0 Å². The van der Waals surface area contributed by atoms with Gasteiger partial charge in [0.05, 0.1) is 0 Å². The van der Waals surface area contributed by atoms with E-state index < -0.39 is 0 Å². The molecule has 0 bridgehead atoms. The molecule has 1 rings (SSSR count). The average molecular weight is 136 g/mol. The molecule has 0 fully saturated rings. The third-order valence-corrected chi connectivity index (χ3v) is 1.31. The summed E-state index contributed by atoms with van der Waals surface area (Å²) in [7, 11) is 2.06. The lowest BCUT2D eigenvalue weighted by atomic mass is 10.0. The van der Waals surface area contributed by atoms with Gasteiger partial charge >= 0.3 is 0 Å². The van der Waals surface area contributed by atoms with E-state index in [2.05, 4.69) is 33.0 Å². The molecule has 0 aliphatic heterocycles. The highest BCUT2D eigenvalue weighted by Crippen LogP contribution is 1.94. The smallest absolute Gasteiger partial charge is 0.143 e. The molecular weight excluding hydrogens is 123 g/mol. The Kier molecular flexibility index (Phi) is 2.15. The molecule has 0 radical (unpaired) electrons. The van der Waals surface area contributed by atoms with Crippen LogP contribution in [0.1, 0.15) is 13.8 Å². The Morgan fingerprint density at radius 2 is 2.40 bits per heavy atom. The van der Waals surface area contributed by atoms with Gasteiger partial charge < -0.3 is 0 Å². The predicted octanol–water partition coefficient (Wildman–Crippen LogP) is -0.203. The molecule has 0 spiro atoms. The van der Waals surface area contributed by atoms with Gasteiger partial charge in [0.2, 0.25) is 0 Å². The van der Waals surface area contributed by atoms with E-state index in [9.17, 15) is 0 Å². The van der Waals surface area contributed by atoms with Crippen molar-refractivity contribution in [2.45, 2.75) is 20.4 Å². The van der Waals surface area contributed by atoms with Crippen LogP contribution in [-0.4, -0.2) is 17.6 Å². The van der Waals surface area contributed by atoms with Crippen LogP contribution in [0.5, 0.6) is 0 Å². The van der Waals surface area contributed by atoms with Crippen LogP contribution in [0.4, 0.5) is 0 Å². The second kappa shape index (κ2) is 2.91. The third-order valence-electron chi connectivity index (χ3n) is 1.31. The molecule has 10 heavy (non-hydrogen) atoms. The van der Waals surface area contributed by atoms with Gasteiger partial charge in [0, 0.05) is 18.9 Å². The van der Waals surface area contributed by atoms with Gasteiger partial charge in [-0.2, -0.15) is 5.10 Å². The average Bonchev–Trinajstić information content (AvgIpc) is 2.13. The summed E-state index contributed by atoms with van der Waals surface area (Å²) in [5.74, 6) is 0.680.